The molecular formula is C13H21N3O2. The van der Waals surface area contributed by atoms with Crippen LogP contribution in [0.5, 0.6) is 0 Å². The van der Waals surface area contributed by atoms with Crippen LogP contribution in [0.25, 0.3) is 0 Å². The molecule has 1 aliphatic rings. The van der Waals surface area contributed by atoms with Gasteiger partial charge in [0.25, 0.3) is 5.56 Å². The minimum Gasteiger partial charge on any atom is -0.391 e. The van der Waals surface area contributed by atoms with Crippen LogP contribution >= 0.6 is 0 Å². The van der Waals surface area contributed by atoms with Crippen LogP contribution in [0.4, 0.5) is 5.82 Å². The molecular weight excluding hydrogens is 230 g/mol. The second-order valence-corrected chi connectivity index (χ2v) is 5.84. The fourth-order valence-electron chi connectivity index (χ4n) is 2.29. The van der Waals surface area contributed by atoms with Crippen molar-refractivity contribution in [2.24, 2.45) is 0 Å². The van der Waals surface area contributed by atoms with Gasteiger partial charge in [0, 0.05) is 31.0 Å². The SMILES string of the molecule is CC(C)(C)n1ccnc(N2CCC[C@H](O)C2)c1=O. The van der Waals surface area contributed by atoms with Crippen molar-refractivity contribution in [3.63, 3.8) is 0 Å². The summed E-state index contributed by atoms with van der Waals surface area (Å²) in [6, 6.07) is 0. The Balaban J connectivity index is 2.37. The van der Waals surface area contributed by atoms with E-state index in [4.69, 9.17) is 0 Å². The topological polar surface area (TPSA) is 58.4 Å². The first-order valence-corrected chi connectivity index (χ1v) is 6.41. The van der Waals surface area contributed by atoms with Gasteiger partial charge in [-0.1, -0.05) is 0 Å². The average molecular weight is 251 g/mol. The molecule has 5 heteroatoms. The zero-order valence-corrected chi connectivity index (χ0v) is 11.3. The number of nitrogens with zero attached hydrogens (tertiary/aromatic N) is 3. The summed E-state index contributed by atoms with van der Waals surface area (Å²) >= 11 is 0. The molecule has 1 aliphatic heterocycles. The number of piperidine rings is 1. The molecule has 1 aromatic rings. The maximum Gasteiger partial charge on any atom is 0.293 e. The van der Waals surface area contributed by atoms with E-state index in [0.717, 1.165) is 19.4 Å². The minimum absolute atomic E-state index is 0.0842. The van der Waals surface area contributed by atoms with Crippen molar-refractivity contribution in [1.29, 1.82) is 0 Å². The highest BCUT2D eigenvalue weighted by Crippen LogP contribution is 2.16. The second-order valence-electron chi connectivity index (χ2n) is 5.84. The van der Waals surface area contributed by atoms with Crippen LogP contribution in [0.1, 0.15) is 33.6 Å². The molecule has 1 N–H and O–H groups in total. The zero-order chi connectivity index (χ0) is 13.3. The summed E-state index contributed by atoms with van der Waals surface area (Å²) in [7, 11) is 0. The number of rotatable bonds is 1. The van der Waals surface area contributed by atoms with E-state index >= 15 is 0 Å². The maximum absolute atomic E-state index is 12.4. The first kappa shape index (κ1) is 13.1. The third kappa shape index (κ3) is 2.56. The Morgan fingerprint density at radius 2 is 2.17 bits per heavy atom. The summed E-state index contributed by atoms with van der Waals surface area (Å²) < 4.78 is 1.69. The number of hydrogen-bond donors (Lipinski definition) is 1. The van der Waals surface area contributed by atoms with E-state index in [1.807, 2.05) is 25.7 Å². The molecule has 5 nitrogen and oxygen atoms in total. The van der Waals surface area contributed by atoms with E-state index in [0.29, 0.717) is 12.4 Å². The second kappa shape index (κ2) is 4.72. The van der Waals surface area contributed by atoms with Gasteiger partial charge >= 0.3 is 0 Å². The highest BCUT2D eigenvalue weighted by Gasteiger charge is 2.23. The van der Waals surface area contributed by atoms with Gasteiger partial charge in [-0.3, -0.25) is 4.79 Å². The number of aliphatic hydroxyl groups excluding tert-OH is 1. The molecule has 0 aromatic carbocycles. The highest BCUT2D eigenvalue weighted by molar-refractivity contribution is 5.36. The lowest BCUT2D eigenvalue weighted by Crippen LogP contribution is -2.44. The lowest BCUT2D eigenvalue weighted by Gasteiger charge is -2.31. The monoisotopic (exact) mass is 251 g/mol. The molecule has 18 heavy (non-hydrogen) atoms. The first-order chi connectivity index (χ1) is 8.39. The van der Waals surface area contributed by atoms with Crippen molar-refractivity contribution < 1.29 is 5.11 Å². The molecule has 0 amide bonds. The van der Waals surface area contributed by atoms with Gasteiger partial charge in [0.15, 0.2) is 5.82 Å². The van der Waals surface area contributed by atoms with Crippen LogP contribution in [0, 0.1) is 0 Å². The minimum atomic E-state index is -0.358. The van der Waals surface area contributed by atoms with Gasteiger partial charge < -0.3 is 14.6 Å². The van der Waals surface area contributed by atoms with Gasteiger partial charge in [0.05, 0.1) is 6.10 Å². The predicted molar refractivity (Wildman–Crippen MR) is 70.9 cm³/mol. The van der Waals surface area contributed by atoms with Crippen molar-refractivity contribution in [3.05, 3.63) is 22.7 Å². The zero-order valence-electron chi connectivity index (χ0n) is 11.3. The van der Waals surface area contributed by atoms with Crippen molar-refractivity contribution in [3.8, 4) is 0 Å². The van der Waals surface area contributed by atoms with E-state index < -0.39 is 0 Å². The van der Waals surface area contributed by atoms with Crippen molar-refractivity contribution in [2.45, 2.75) is 45.3 Å². The lowest BCUT2D eigenvalue weighted by atomic mass is 10.1. The summed E-state index contributed by atoms with van der Waals surface area (Å²) in [5.41, 5.74) is -0.345. The number of hydrogen-bond acceptors (Lipinski definition) is 4. The molecule has 1 saturated heterocycles. The quantitative estimate of drug-likeness (QED) is 0.807. The number of aromatic nitrogens is 2. The highest BCUT2D eigenvalue weighted by atomic mass is 16.3. The number of anilines is 1. The van der Waals surface area contributed by atoms with E-state index in [9.17, 15) is 9.90 Å². The Morgan fingerprint density at radius 3 is 2.78 bits per heavy atom. The molecule has 0 bridgehead atoms. The van der Waals surface area contributed by atoms with Crippen molar-refractivity contribution in [1.82, 2.24) is 9.55 Å². The van der Waals surface area contributed by atoms with E-state index in [1.165, 1.54) is 0 Å². The smallest absolute Gasteiger partial charge is 0.293 e. The van der Waals surface area contributed by atoms with Crippen LogP contribution in [0.15, 0.2) is 17.2 Å². The molecule has 1 fully saturated rings. The molecule has 1 atom stereocenters. The van der Waals surface area contributed by atoms with E-state index in [-0.39, 0.29) is 17.2 Å². The largest absolute Gasteiger partial charge is 0.391 e. The number of aliphatic hydroxyl groups is 1. The summed E-state index contributed by atoms with van der Waals surface area (Å²) in [5, 5.41) is 9.68. The third-order valence-corrected chi connectivity index (χ3v) is 3.24. The van der Waals surface area contributed by atoms with Gasteiger partial charge in [0.1, 0.15) is 0 Å². The van der Waals surface area contributed by atoms with Crippen LogP contribution in [0.2, 0.25) is 0 Å². The standard InChI is InChI=1S/C13H21N3O2/c1-13(2,3)16-8-6-14-11(12(16)18)15-7-4-5-10(17)9-15/h6,8,10,17H,4-5,7,9H2,1-3H3/t10-/m0/s1. The Labute approximate surface area is 107 Å². The lowest BCUT2D eigenvalue weighted by molar-refractivity contribution is 0.153. The van der Waals surface area contributed by atoms with Gasteiger partial charge in [-0.25, -0.2) is 4.98 Å². The summed E-state index contributed by atoms with van der Waals surface area (Å²) in [6.07, 6.45) is 4.71. The van der Waals surface area contributed by atoms with Crippen LogP contribution in [0.3, 0.4) is 0 Å². The Bertz CT molecular complexity index is 476. The van der Waals surface area contributed by atoms with Crippen LogP contribution < -0.4 is 10.5 Å². The normalized spacial score (nSPS) is 21.1. The molecule has 0 unspecified atom stereocenters. The van der Waals surface area contributed by atoms with E-state index in [1.54, 1.807) is 17.0 Å². The van der Waals surface area contributed by atoms with Crippen LogP contribution in [-0.2, 0) is 5.54 Å². The molecule has 2 heterocycles. The fourth-order valence-corrected chi connectivity index (χ4v) is 2.29. The predicted octanol–water partition coefficient (Wildman–Crippen LogP) is 0.959. The fraction of sp³-hybridized carbons (Fsp3) is 0.692. The Kier molecular flexibility index (Phi) is 3.43. The summed E-state index contributed by atoms with van der Waals surface area (Å²) in [6.45, 7) is 7.25. The molecule has 0 spiro atoms. The van der Waals surface area contributed by atoms with Gasteiger partial charge in [-0.15, -0.1) is 0 Å². The molecule has 0 aliphatic carbocycles. The Morgan fingerprint density at radius 1 is 1.44 bits per heavy atom. The number of β-amino-alcohol motifs (C(OH)–C–C–N with tert-alkyl or cyclic N) is 1. The van der Waals surface area contributed by atoms with Gasteiger partial charge in [-0.2, -0.15) is 0 Å². The maximum atomic E-state index is 12.4. The molecule has 0 radical (unpaired) electrons. The Hall–Kier alpha value is -1.36. The summed E-state index contributed by atoms with van der Waals surface area (Å²) in [4.78, 5) is 18.5. The van der Waals surface area contributed by atoms with Gasteiger partial charge in [-0.05, 0) is 33.6 Å². The summed E-state index contributed by atoms with van der Waals surface area (Å²) in [5.74, 6) is 0.450. The van der Waals surface area contributed by atoms with Crippen molar-refractivity contribution in [2.75, 3.05) is 18.0 Å². The molecule has 1 aromatic heterocycles. The van der Waals surface area contributed by atoms with Crippen LogP contribution in [-0.4, -0.2) is 33.9 Å². The average Bonchev–Trinajstić information content (AvgIpc) is 2.27. The molecule has 0 saturated carbocycles. The third-order valence-electron chi connectivity index (χ3n) is 3.24. The van der Waals surface area contributed by atoms with Gasteiger partial charge in [0.2, 0.25) is 0 Å². The first-order valence-electron chi connectivity index (χ1n) is 6.41. The molecule has 2 rings (SSSR count). The van der Waals surface area contributed by atoms with E-state index in [2.05, 4.69) is 4.98 Å². The molecule has 100 valence electrons. The van der Waals surface area contributed by atoms with Crippen molar-refractivity contribution >= 4 is 5.82 Å².